The second-order valence-electron chi connectivity index (χ2n) is 5.04. The van der Waals surface area contributed by atoms with Crippen LogP contribution in [0.3, 0.4) is 0 Å². The van der Waals surface area contributed by atoms with Gasteiger partial charge in [0.05, 0.1) is 11.5 Å². The largest absolute Gasteiger partial charge is 0.299 e. The number of benzene rings is 1. The summed E-state index contributed by atoms with van der Waals surface area (Å²) in [5, 5.41) is 10.7. The van der Waals surface area contributed by atoms with Crippen LogP contribution in [0.25, 0.3) is 0 Å². The van der Waals surface area contributed by atoms with E-state index in [4.69, 9.17) is 0 Å². The Morgan fingerprint density at radius 2 is 2.11 bits per heavy atom. The molecule has 0 unspecified atom stereocenters. The van der Waals surface area contributed by atoms with Crippen LogP contribution in [0.15, 0.2) is 24.3 Å². The summed E-state index contributed by atoms with van der Waals surface area (Å²) in [5.74, 6) is 0.252. The molecule has 0 aliphatic heterocycles. The molecule has 0 aromatic heterocycles. The second kappa shape index (κ2) is 6.99. The van der Waals surface area contributed by atoms with Gasteiger partial charge in [-0.1, -0.05) is 26.0 Å². The number of nitro benzene ring substituents is 1. The zero-order chi connectivity index (χ0) is 14.4. The molecule has 1 rings (SSSR count). The van der Waals surface area contributed by atoms with E-state index in [1.807, 2.05) is 31.9 Å². The Morgan fingerprint density at radius 1 is 1.42 bits per heavy atom. The van der Waals surface area contributed by atoms with E-state index < -0.39 is 4.92 Å². The van der Waals surface area contributed by atoms with E-state index in [0.717, 1.165) is 5.56 Å². The number of non-ortho nitro benzene ring substituents is 1. The molecular formula is C14H20N2O3. The van der Waals surface area contributed by atoms with Crippen LogP contribution in [-0.4, -0.2) is 35.7 Å². The normalized spacial score (nSPS) is 11.0. The van der Waals surface area contributed by atoms with E-state index in [1.54, 1.807) is 12.1 Å². The third-order valence-electron chi connectivity index (χ3n) is 2.97. The summed E-state index contributed by atoms with van der Waals surface area (Å²) in [5.41, 5.74) is 1.02. The monoisotopic (exact) mass is 264 g/mol. The highest BCUT2D eigenvalue weighted by Gasteiger charge is 2.11. The average Bonchev–Trinajstić information content (AvgIpc) is 2.36. The molecule has 1 aromatic carbocycles. The lowest BCUT2D eigenvalue weighted by atomic mass is 10.1. The number of ketones is 1. The number of rotatable bonds is 7. The van der Waals surface area contributed by atoms with Gasteiger partial charge in [0.15, 0.2) is 0 Å². The van der Waals surface area contributed by atoms with Gasteiger partial charge in [-0.05, 0) is 19.0 Å². The van der Waals surface area contributed by atoms with E-state index in [2.05, 4.69) is 0 Å². The molecule has 0 radical (unpaired) electrons. The van der Waals surface area contributed by atoms with Gasteiger partial charge < -0.3 is 0 Å². The number of carbonyl (C=O) groups is 1. The van der Waals surface area contributed by atoms with Crippen molar-refractivity contribution >= 4 is 11.5 Å². The first kappa shape index (κ1) is 15.3. The Hall–Kier alpha value is -1.75. The van der Waals surface area contributed by atoms with Crippen LogP contribution >= 0.6 is 0 Å². The van der Waals surface area contributed by atoms with Crippen LogP contribution in [0.5, 0.6) is 0 Å². The van der Waals surface area contributed by atoms with E-state index in [0.29, 0.717) is 19.5 Å². The number of hydrogen-bond donors (Lipinski definition) is 0. The van der Waals surface area contributed by atoms with Gasteiger partial charge in [-0.15, -0.1) is 0 Å². The molecule has 0 bridgehead atoms. The first-order chi connectivity index (χ1) is 8.90. The minimum atomic E-state index is -0.393. The summed E-state index contributed by atoms with van der Waals surface area (Å²) < 4.78 is 0. The number of nitro groups is 1. The second-order valence-corrected chi connectivity index (χ2v) is 5.04. The molecule has 0 spiro atoms. The Bertz CT molecular complexity index is 458. The summed E-state index contributed by atoms with van der Waals surface area (Å²) in [4.78, 5) is 23.8. The predicted molar refractivity (Wildman–Crippen MR) is 74.1 cm³/mol. The van der Waals surface area contributed by atoms with Crippen molar-refractivity contribution in [2.75, 3.05) is 20.1 Å². The van der Waals surface area contributed by atoms with Gasteiger partial charge in [-0.25, -0.2) is 0 Å². The SMILES string of the molecule is CC(C)C(=O)CN(C)CCc1cccc([N+](=O)[O-])c1. The van der Waals surface area contributed by atoms with Crippen molar-refractivity contribution in [2.45, 2.75) is 20.3 Å². The Labute approximate surface area is 113 Å². The van der Waals surface area contributed by atoms with Crippen molar-refractivity contribution in [1.29, 1.82) is 0 Å². The molecular weight excluding hydrogens is 244 g/mol. The van der Waals surface area contributed by atoms with Gasteiger partial charge >= 0.3 is 0 Å². The molecule has 19 heavy (non-hydrogen) atoms. The maximum atomic E-state index is 11.6. The molecule has 0 fully saturated rings. The lowest BCUT2D eigenvalue weighted by Gasteiger charge is -2.16. The van der Waals surface area contributed by atoms with Crippen LogP contribution in [-0.2, 0) is 11.2 Å². The summed E-state index contributed by atoms with van der Waals surface area (Å²) in [7, 11) is 1.89. The zero-order valence-electron chi connectivity index (χ0n) is 11.6. The number of Topliss-reactive ketones (excluding diaryl/α,β-unsaturated/α-hetero) is 1. The van der Waals surface area contributed by atoms with Crippen LogP contribution in [0, 0.1) is 16.0 Å². The fourth-order valence-corrected chi connectivity index (χ4v) is 1.67. The molecule has 5 heteroatoms. The Balaban J connectivity index is 2.50. The third-order valence-corrected chi connectivity index (χ3v) is 2.97. The Morgan fingerprint density at radius 3 is 2.68 bits per heavy atom. The van der Waals surface area contributed by atoms with Gasteiger partial charge in [0.25, 0.3) is 5.69 Å². The van der Waals surface area contributed by atoms with Gasteiger partial charge in [0.2, 0.25) is 0 Å². The smallest absolute Gasteiger partial charge is 0.269 e. The summed E-state index contributed by atoms with van der Waals surface area (Å²) in [6.45, 7) is 4.90. The van der Waals surface area contributed by atoms with Gasteiger partial charge in [-0.3, -0.25) is 19.8 Å². The quantitative estimate of drug-likeness (QED) is 0.560. The lowest BCUT2D eigenvalue weighted by molar-refractivity contribution is -0.384. The highest BCUT2D eigenvalue weighted by Crippen LogP contribution is 2.13. The molecule has 1 aromatic rings. The van der Waals surface area contributed by atoms with Crippen molar-refractivity contribution < 1.29 is 9.72 Å². The van der Waals surface area contributed by atoms with Gasteiger partial charge in [-0.2, -0.15) is 0 Å². The number of carbonyl (C=O) groups excluding carboxylic acids is 1. The van der Waals surface area contributed by atoms with Gasteiger partial charge in [0.1, 0.15) is 5.78 Å². The fourth-order valence-electron chi connectivity index (χ4n) is 1.67. The summed E-state index contributed by atoms with van der Waals surface area (Å²) in [6.07, 6.45) is 0.698. The molecule has 0 saturated heterocycles. The molecule has 5 nitrogen and oxygen atoms in total. The molecule has 0 atom stereocenters. The Kier molecular flexibility index (Phi) is 5.63. The van der Waals surface area contributed by atoms with Gasteiger partial charge in [0, 0.05) is 24.6 Å². The minimum absolute atomic E-state index is 0.0419. The average molecular weight is 264 g/mol. The molecule has 0 aliphatic carbocycles. The van der Waals surface area contributed by atoms with Crippen molar-refractivity contribution in [2.24, 2.45) is 5.92 Å². The number of nitrogens with zero attached hydrogens (tertiary/aromatic N) is 2. The molecule has 0 amide bonds. The summed E-state index contributed by atoms with van der Waals surface area (Å²) in [6, 6.07) is 6.62. The minimum Gasteiger partial charge on any atom is -0.299 e. The molecule has 104 valence electrons. The number of likely N-dealkylation sites (N-methyl/N-ethyl adjacent to an activating group) is 1. The standard InChI is InChI=1S/C14H20N2O3/c1-11(2)14(17)10-15(3)8-7-12-5-4-6-13(9-12)16(18)19/h4-6,9,11H,7-8,10H2,1-3H3. The fraction of sp³-hybridized carbons (Fsp3) is 0.500. The van der Waals surface area contributed by atoms with Crippen LogP contribution in [0.2, 0.25) is 0 Å². The maximum absolute atomic E-state index is 11.6. The number of hydrogen-bond acceptors (Lipinski definition) is 4. The summed E-state index contributed by atoms with van der Waals surface area (Å²) >= 11 is 0. The molecule has 0 heterocycles. The van der Waals surface area contributed by atoms with Crippen molar-refractivity contribution in [3.8, 4) is 0 Å². The van der Waals surface area contributed by atoms with Crippen molar-refractivity contribution in [3.05, 3.63) is 39.9 Å². The van der Waals surface area contributed by atoms with Crippen molar-refractivity contribution in [1.82, 2.24) is 4.90 Å². The van der Waals surface area contributed by atoms with E-state index in [9.17, 15) is 14.9 Å². The molecule has 0 aliphatic rings. The zero-order valence-corrected chi connectivity index (χ0v) is 11.6. The highest BCUT2D eigenvalue weighted by atomic mass is 16.6. The lowest BCUT2D eigenvalue weighted by Crippen LogP contribution is -2.30. The first-order valence-corrected chi connectivity index (χ1v) is 6.34. The third kappa shape index (κ3) is 5.18. The molecule has 0 saturated carbocycles. The highest BCUT2D eigenvalue weighted by molar-refractivity contribution is 5.82. The van der Waals surface area contributed by atoms with Crippen LogP contribution in [0.4, 0.5) is 5.69 Å². The van der Waals surface area contributed by atoms with E-state index in [1.165, 1.54) is 6.07 Å². The predicted octanol–water partition coefficient (Wildman–Crippen LogP) is 2.29. The van der Waals surface area contributed by atoms with E-state index in [-0.39, 0.29) is 17.4 Å². The first-order valence-electron chi connectivity index (χ1n) is 6.34. The van der Waals surface area contributed by atoms with Crippen molar-refractivity contribution in [3.63, 3.8) is 0 Å². The van der Waals surface area contributed by atoms with E-state index >= 15 is 0 Å². The molecule has 0 N–H and O–H groups in total. The van der Waals surface area contributed by atoms with Crippen LogP contribution < -0.4 is 0 Å². The maximum Gasteiger partial charge on any atom is 0.269 e. The van der Waals surface area contributed by atoms with Crippen LogP contribution in [0.1, 0.15) is 19.4 Å². The topological polar surface area (TPSA) is 63.5 Å².